The summed E-state index contributed by atoms with van der Waals surface area (Å²) in [5.41, 5.74) is 1.67. The van der Waals surface area contributed by atoms with Gasteiger partial charge in [-0.3, -0.25) is 9.59 Å². The van der Waals surface area contributed by atoms with Gasteiger partial charge in [-0.15, -0.1) is 0 Å². The first kappa shape index (κ1) is 20.2. The number of nitrogens with zero attached hydrogens (tertiary/aromatic N) is 2. The van der Waals surface area contributed by atoms with Crippen LogP contribution in [0.15, 0.2) is 24.3 Å². The summed E-state index contributed by atoms with van der Waals surface area (Å²) in [6.07, 6.45) is 4.27. The molecule has 2 aliphatic heterocycles. The molecular weight excluding hydrogens is 356 g/mol. The molecule has 28 heavy (non-hydrogen) atoms. The SMILES string of the molecule is CCC(=O)N1CCCC(C(=O)NCc2cccc(NC(=O)N3CCCC3)c2)C1. The molecule has 1 aromatic rings. The summed E-state index contributed by atoms with van der Waals surface area (Å²) in [7, 11) is 0. The summed E-state index contributed by atoms with van der Waals surface area (Å²) in [4.78, 5) is 40.3. The van der Waals surface area contributed by atoms with Gasteiger partial charge in [0.15, 0.2) is 0 Å². The van der Waals surface area contributed by atoms with E-state index in [0.29, 0.717) is 19.5 Å². The molecule has 1 aromatic carbocycles. The highest BCUT2D eigenvalue weighted by atomic mass is 16.2. The van der Waals surface area contributed by atoms with Crippen LogP contribution in [0, 0.1) is 5.92 Å². The smallest absolute Gasteiger partial charge is 0.321 e. The van der Waals surface area contributed by atoms with Gasteiger partial charge in [0, 0.05) is 44.8 Å². The summed E-state index contributed by atoms with van der Waals surface area (Å²) in [5, 5.41) is 5.91. The summed E-state index contributed by atoms with van der Waals surface area (Å²) in [6, 6.07) is 7.49. The molecule has 152 valence electrons. The maximum atomic E-state index is 12.5. The second-order valence-corrected chi connectivity index (χ2v) is 7.57. The van der Waals surface area contributed by atoms with Crippen molar-refractivity contribution >= 4 is 23.5 Å². The lowest BCUT2D eigenvalue weighted by atomic mass is 9.96. The third-order valence-electron chi connectivity index (χ3n) is 5.49. The van der Waals surface area contributed by atoms with Crippen LogP contribution in [-0.2, 0) is 16.1 Å². The fourth-order valence-electron chi connectivity index (χ4n) is 3.86. The van der Waals surface area contributed by atoms with Crippen LogP contribution in [-0.4, -0.2) is 53.8 Å². The van der Waals surface area contributed by atoms with Crippen molar-refractivity contribution in [3.8, 4) is 0 Å². The van der Waals surface area contributed by atoms with Gasteiger partial charge < -0.3 is 20.4 Å². The van der Waals surface area contributed by atoms with Crippen LogP contribution < -0.4 is 10.6 Å². The van der Waals surface area contributed by atoms with Gasteiger partial charge >= 0.3 is 6.03 Å². The molecule has 0 spiro atoms. The zero-order valence-corrected chi connectivity index (χ0v) is 16.6. The Morgan fingerprint density at radius 1 is 1.07 bits per heavy atom. The highest BCUT2D eigenvalue weighted by Crippen LogP contribution is 2.18. The van der Waals surface area contributed by atoms with Crippen molar-refractivity contribution in [3.05, 3.63) is 29.8 Å². The van der Waals surface area contributed by atoms with E-state index in [2.05, 4.69) is 10.6 Å². The van der Waals surface area contributed by atoms with E-state index in [1.165, 1.54) is 0 Å². The van der Waals surface area contributed by atoms with Gasteiger partial charge in [0.1, 0.15) is 0 Å². The highest BCUT2D eigenvalue weighted by molar-refractivity contribution is 5.89. The number of piperidine rings is 1. The Bertz CT molecular complexity index is 715. The van der Waals surface area contributed by atoms with Gasteiger partial charge in [-0.25, -0.2) is 4.79 Å². The number of benzene rings is 1. The van der Waals surface area contributed by atoms with Gasteiger partial charge in [-0.1, -0.05) is 19.1 Å². The molecule has 7 nitrogen and oxygen atoms in total. The molecule has 4 amide bonds. The maximum absolute atomic E-state index is 12.5. The number of amides is 4. The number of hydrogen-bond donors (Lipinski definition) is 2. The molecule has 3 rings (SSSR count). The normalized spacial score (nSPS) is 19.4. The average Bonchev–Trinajstić information content (AvgIpc) is 3.27. The molecule has 2 fully saturated rings. The number of carbonyl (C=O) groups excluding carboxylic acids is 3. The lowest BCUT2D eigenvalue weighted by Gasteiger charge is -2.32. The van der Waals surface area contributed by atoms with E-state index in [0.717, 1.165) is 56.6 Å². The van der Waals surface area contributed by atoms with E-state index in [1.54, 1.807) is 4.90 Å². The molecule has 7 heteroatoms. The topological polar surface area (TPSA) is 81.8 Å². The fourth-order valence-corrected chi connectivity index (χ4v) is 3.86. The lowest BCUT2D eigenvalue weighted by Crippen LogP contribution is -2.45. The first-order valence-electron chi connectivity index (χ1n) is 10.3. The molecule has 0 saturated carbocycles. The third kappa shape index (κ3) is 5.24. The van der Waals surface area contributed by atoms with Gasteiger partial charge in [0.2, 0.25) is 11.8 Å². The number of nitrogens with one attached hydrogen (secondary N) is 2. The van der Waals surface area contributed by atoms with Crippen LogP contribution in [0.2, 0.25) is 0 Å². The van der Waals surface area contributed by atoms with E-state index in [4.69, 9.17) is 0 Å². The minimum absolute atomic E-state index is 0.0138. The summed E-state index contributed by atoms with van der Waals surface area (Å²) in [5.74, 6) is -0.0543. The van der Waals surface area contributed by atoms with Crippen LogP contribution in [0.1, 0.15) is 44.6 Å². The Morgan fingerprint density at radius 3 is 2.57 bits per heavy atom. The number of hydrogen-bond acceptors (Lipinski definition) is 3. The van der Waals surface area contributed by atoms with Crippen LogP contribution in [0.3, 0.4) is 0 Å². The Balaban J connectivity index is 1.50. The second-order valence-electron chi connectivity index (χ2n) is 7.57. The van der Waals surface area contributed by atoms with Crippen LogP contribution in [0.4, 0.5) is 10.5 Å². The summed E-state index contributed by atoms with van der Waals surface area (Å²) >= 11 is 0. The number of anilines is 1. The molecule has 1 unspecified atom stereocenters. The molecule has 2 N–H and O–H groups in total. The molecule has 2 saturated heterocycles. The quantitative estimate of drug-likeness (QED) is 0.816. The van der Waals surface area contributed by atoms with Crippen LogP contribution in [0.5, 0.6) is 0 Å². The van der Waals surface area contributed by atoms with Crippen molar-refractivity contribution in [1.82, 2.24) is 15.1 Å². The average molecular weight is 386 g/mol. The van der Waals surface area contributed by atoms with E-state index in [9.17, 15) is 14.4 Å². The predicted octanol–water partition coefficient (Wildman–Crippen LogP) is 2.58. The minimum atomic E-state index is -0.151. The minimum Gasteiger partial charge on any atom is -0.352 e. The molecule has 0 aromatic heterocycles. The summed E-state index contributed by atoms with van der Waals surface area (Å²) in [6.45, 7) is 5.12. The van der Waals surface area contributed by atoms with E-state index >= 15 is 0 Å². The highest BCUT2D eigenvalue weighted by Gasteiger charge is 2.27. The number of likely N-dealkylation sites (tertiary alicyclic amines) is 2. The summed E-state index contributed by atoms with van der Waals surface area (Å²) < 4.78 is 0. The molecule has 0 aliphatic carbocycles. The molecule has 0 bridgehead atoms. The van der Waals surface area contributed by atoms with E-state index in [-0.39, 0.29) is 23.8 Å². The van der Waals surface area contributed by atoms with E-state index in [1.807, 2.05) is 36.1 Å². The van der Waals surface area contributed by atoms with Gasteiger partial charge in [0.05, 0.1) is 5.92 Å². The first-order valence-corrected chi connectivity index (χ1v) is 10.3. The maximum Gasteiger partial charge on any atom is 0.321 e. The van der Waals surface area contributed by atoms with Crippen molar-refractivity contribution < 1.29 is 14.4 Å². The lowest BCUT2D eigenvalue weighted by molar-refractivity contribution is -0.135. The Kier molecular flexibility index (Phi) is 6.90. The van der Waals surface area contributed by atoms with Crippen molar-refractivity contribution in [2.45, 2.75) is 45.6 Å². The predicted molar refractivity (Wildman–Crippen MR) is 108 cm³/mol. The number of urea groups is 1. The van der Waals surface area contributed by atoms with Crippen molar-refractivity contribution in [2.24, 2.45) is 5.92 Å². The molecule has 0 radical (unpaired) electrons. The van der Waals surface area contributed by atoms with Gasteiger partial charge in [-0.05, 0) is 43.4 Å². The van der Waals surface area contributed by atoms with Crippen molar-refractivity contribution in [2.75, 3.05) is 31.5 Å². The zero-order valence-electron chi connectivity index (χ0n) is 16.6. The monoisotopic (exact) mass is 386 g/mol. The number of carbonyl (C=O) groups is 3. The van der Waals surface area contributed by atoms with Crippen LogP contribution >= 0.6 is 0 Å². The van der Waals surface area contributed by atoms with Crippen molar-refractivity contribution in [3.63, 3.8) is 0 Å². The van der Waals surface area contributed by atoms with E-state index < -0.39 is 0 Å². The zero-order chi connectivity index (χ0) is 19.9. The largest absolute Gasteiger partial charge is 0.352 e. The Labute approximate surface area is 166 Å². The molecule has 1 atom stereocenters. The third-order valence-corrected chi connectivity index (χ3v) is 5.49. The molecular formula is C21H30N4O3. The van der Waals surface area contributed by atoms with Crippen molar-refractivity contribution in [1.29, 1.82) is 0 Å². The first-order chi connectivity index (χ1) is 13.6. The van der Waals surface area contributed by atoms with Crippen LogP contribution in [0.25, 0.3) is 0 Å². The Morgan fingerprint density at radius 2 is 1.82 bits per heavy atom. The fraction of sp³-hybridized carbons (Fsp3) is 0.571. The van der Waals surface area contributed by atoms with Gasteiger partial charge in [-0.2, -0.15) is 0 Å². The second kappa shape index (κ2) is 9.57. The Hall–Kier alpha value is -2.57. The number of rotatable bonds is 5. The molecule has 2 aliphatic rings. The molecule has 2 heterocycles. The standard InChI is InChI=1S/C21H30N4O3/c1-2-19(26)25-12-6-8-17(15-25)20(27)22-14-16-7-5-9-18(13-16)23-21(28)24-10-3-4-11-24/h5,7,9,13,17H,2-4,6,8,10-12,14-15H2,1H3,(H,22,27)(H,23,28). The van der Waals surface area contributed by atoms with Gasteiger partial charge in [0.25, 0.3) is 0 Å².